The van der Waals surface area contributed by atoms with Gasteiger partial charge in [-0.25, -0.2) is 9.37 Å². The highest BCUT2D eigenvalue weighted by Gasteiger charge is 2.30. The number of hydrogen-bond acceptors (Lipinski definition) is 8. The normalized spacial score (nSPS) is 18.3. The van der Waals surface area contributed by atoms with Crippen LogP contribution >= 0.6 is 11.3 Å². The minimum atomic E-state index is -0.479. The first-order chi connectivity index (χ1) is 16.8. The third-order valence-electron chi connectivity index (χ3n) is 6.77. The average Bonchev–Trinajstić information content (AvgIpc) is 3.26. The number of non-ortho nitro benzene ring substituents is 1. The van der Waals surface area contributed by atoms with Gasteiger partial charge >= 0.3 is 0 Å². The van der Waals surface area contributed by atoms with Crippen molar-refractivity contribution in [2.75, 3.05) is 44.7 Å². The average molecular weight is 496 g/mol. The number of anilines is 1. The summed E-state index contributed by atoms with van der Waals surface area (Å²) in [5.41, 5.74) is 1.53. The van der Waals surface area contributed by atoms with Gasteiger partial charge in [-0.3, -0.25) is 14.9 Å². The van der Waals surface area contributed by atoms with Crippen molar-refractivity contribution in [1.82, 2.24) is 14.5 Å². The number of halogens is 1. The fourth-order valence-electron chi connectivity index (χ4n) is 4.83. The summed E-state index contributed by atoms with van der Waals surface area (Å²) in [5, 5.41) is 11.8. The van der Waals surface area contributed by atoms with Crippen LogP contribution in [0.1, 0.15) is 13.0 Å². The van der Waals surface area contributed by atoms with Gasteiger partial charge in [-0.2, -0.15) is 0 Å². The fraction of sp³-hybridized carbons (Fsp3) is 0.333. The molecule has 4 heterocycles. The summed E-state index contributed by atoms with van der Waals surface area (Å²) in [5.74, 6) is -0.0708. The van der Waals surface area contributed by atoms with E-state index in [9.17, 15) is 14.9 Å². The molecular formula is C24H22FN5O4S. The largest absolute Gasteiger partial charge is 0.487 e. The molecule has 0 amide bonds. The third kappa shape index (κ3) is 3.45. The van der Waals surface area contributed by atoms with Crippen molar-refractivity contribution in [3.05, 3.63) is 56.6 Å². The van der Waals surface area contributed by atoms with Gasteiger partial charge in [-0.05, 0) is 26.1 Å². The Labute approximate surface area is 203 Å². The predicted octanol–water partition coefficient (Wildman–Crippen LogP) is 4.03. The Hall–Kier alpha value is -3.57. The van der Waals surface area contributed by atoms with E-state index in [1.54, 1.807) is 12.3 Å². The van der Waals surface area contributed by atoms with E-state index in [4.69, 9.17) is 4.74 Å². The van der Waals surface area contributed by atoms with Crippen LogP contribution in [0.25, 0.3) is 31.7 Å². The standard InChI is InChI=1S/C24H22FN5O4S/c1-13-12-34-23-20-15(10-17(25)21(23)28-7-5-27(2)6-8-28)22(31)16(11-29(13)20)24-26-18-4-3-14(30(32)33)9-19(18)35-24/h3-4,9-11,13H,5-8,12H2,1-2H3/t13-/m0/s1. The summed E-state index contributed by atoms with van der Waals surface area (Å²) in [7, 11) is 2.04. The van der Waals surface area contributed by atoms with Crippen molar-refractivity contribution >= 4 is 43.8 Å². The lowest BCUT2D eigenvalue weighted by Crippen LogP contribution is -2.45. The van der Waals surface area contributed by atoms with Gasteiger partial charge in [0.1, 0.15) is 17.3 Å². The van der Waals surface area contributed by atoms with E-state index >= 15 is 4.39 Å². The summed E-state index contributed by atoms with van der Waals surface area (Å²) < 4.78 is 24.2. The first-order valence-electron chi connectivity index (χ1n) is 11.3. The maximum Gasteiger partial charge on any atom is 0.270 e. The second kappa shape index (κ2) is 7.99. The van der Waals surface area contributed by atoms with Gasteiger partial charge in [0.2, 0.25) is 0 Å². The molecule has 0 unspecified atom stereocenters. The van der Waals surface area contributed by atoms with Gasteiger partial charge in [0.25, 0.3) is 5.69 Å². The number of nitro groups is 1. The van der Waals surface area contributed by atoms with Crippen LogP contribution in [0.4, 0.5) is 15.8 Å². The highest BCUT2D eigenvalue weighted by Crippen LogP contribution is 2.43. The molecule has 0 N–H and O–H groups in total. The summed E-state index contributed by atoms with van der Waals surface area (Å²) in [6, 6.07) is 5.66. The number of hydrogen-bond donors (Lipinski definition) is 0. The zero-order valence-electron chi connectivity index (χ0n) is 19.2. The number of ether oxygens (including phenoxy) is 1. The molecule has 1 atom stereocenters. The first-order valence-corrected chi connectivity index (χ1v) is 12.2. The van der Waals surface area contributed by atoms with Gasteiger partial charge in [0, 0.05) is 44.5 Å². The Bertz CT molecular complexity index is 1570. The van der Waals surface area contributed by atoms with E-state index in [0.717, 1.165) is 13.1 Å². The summed E-state index contributed by atoms with van der Waals surface area (Å²) in [6.45, 7) is 5.30. The predicted molar refractivity (Wildman–Crippen MR) is 133 cm³/mol. The lowest BCUT2D eigenvalue weighted by atomic mass is 10.1. The second-order valence-corrected chi connectivity index (χ2v) is 10.1. The molecule has 0 spiro atoms. The van der Waals surface area contributed by atoms with Crippen LogP contribution in [0.5, 0.6) is 5.75 Å². The highest BCUT2D eigenvalue weighted by molar-refractivity contribution is 7.21. The lowest BCUT2D eigenvalue weighted by Gasteiger charge is -2.37. The number of likely N-dealkylation sites (N-methyl/N-ethyl adjacent to an activating group) is 1. The topological polar surface area (TPSA) is 93.7 Å². The molecular weight excluding hydrogens is 473 g/mol. The highest BCUT2D eigenvalue weighted by atomic mass is 32.1. The molecule has 35 heavy (non-hydrogen) atoms. The molecule has 1 fully saturated rings. The number of nitrogens with zero attached hydrogens (tertiary/aromatic N) is 5. The number of piperazine rings is 1. The van der Waals surface area contributed by atoms with Gasteiger partial charge < -0.3 is 19.1 Å². The van der Waals surface area contributed by atoms with E-state index in [1.807, 2.05) is 23.4 Å². The zero-order chi connectivity index (χ0) is 24.4. The molecule has 9 nitrogen and oxygen atoms in total. The zero-order valence-corrected chi connectivity index (χ0v) is 20.0. The van der Waals surface area contributed by atoms with Crippen molar-refractivity contribution < 1.29 is 14.1 Å². The lowest BCUT2D eigenvalue weighted by molar-refractivity contribution is -0.384. The molecule has 2 aromatic heterocycles. The molecule has 0 bridgehead atoms. The Kier molecular flexibility index (Phi) is 5.01. The van der Waals surface area contributed by atoms with Gasteiger partial charge in [-0.1, -0.05) is 0 Å². The number of pyridine rings is 1. The van der Waals surface area contributed by atoms with Crippen LogP contribution in [0.15, 0.2) is 35.3 Å². The fourth-order valence-corrected chi connectivity index (χ4v) is 5.84. The van der Waals surface area contributed by atoms with Gasteiger partial charge in [-0.15, -0.1) is 11.3 Å². The maximum atomic E-state index is 15.5. The molecule has 2 aliphatic rings. The van der Waals surface area contributed by atoms with Crippen molar-refractivity contribution in [2.45, 2.75) is 13.0 Å². The Morgan fingerprint density at radius 1 is 1.23 bits per heavy atom. The van der Waals surface area contributed by atoms with Crippen LogP contribution in [0, 0.1) is 15.9 Å². The molecule has 2 aliphatic heterocycles. The third-order valence-corrected chi connectivity index (χ3v) is 7.83. The van der Waals surface area contributed by atoms with Crippen LogP contribution in [-0.2, 0) is 0 Å². The van der Waals surface area contributed by atoms with Crippen molar-refractivity contribution in [3.63, 3.8) is 0 Å². The maximum absolute atomic E-state index is 15.5. The van der Waals surface area contributed by atoms with E-state index in [2.05, 4.69) is 9.88 Å². The number of nitro benzene ring substituents is 1. The molecule has 0 aliphatic carbocycles. The minimum Gasteiger partial charge on any atom is -0.487 e. The number of rotatable bonds is 3. The first kappa shape index (κ1) is 21.9. The van der Waals surface area contributed by atoms with E-state index in [-0.39, 0.29) is 22.5 Å². The molecule has 2 aromatic carbocycles. The monoisotopic (exact) mass is 495 g/mol. The molecule has 0 saturated carbocycles. The molecule has 11 heteroatoms. The van der Waals surface area contributed by atoms with Crippen molar-refractivity contribution in [2.24, 2.45) is 0 Å². The molecule has 0 radical (unpaired) electrons. The van der Waals surface area contributed by atoms with Gasteiger partial charge in [0.05, 0.1) is 37.6 Å². The van der Waals surface area contributed by atoms with E-state index < -0.39 is 10.7 Å². The molecule has 180 valence electrons. The van der Waals surface area contributed by atoms with Crippen LogP contribution in [0.2, 0.25) is 0 Å². The molecule has 4 aromatic rings. The summed E-state index contributed by atoms with van der Waals surface area (Å²) in [4.78, 5) is 33.0. The Morgan fingerprint density at radius 3 is 2.74 bits per heavy atom. The van der Waals surface area contributed by atoms with Gasteiger partial charge in [0.15, 0.2) is 17.0 Å². The minimum absolute atomic E-state index is 0.0352. The van der Waals surface area contributed by atoms with E-state index in [0.29, 0.717) is 57.4 Å². The number of fused-ring (bicyclic) bond motifs is 1. The summed E-state index contributed by atoms with van der Waals surface area (Å²) in [6.07, 6.45) is 1.76. The second-order valence-electron chi connectivity index (χ2n) is 9.09. The smallest absolute Gasteiger partial charge is 0.270 e. The number of thiazole rings is 1. The quantitative estimate of drug-likeness (QED) is 0.313. The Morgan fingerprint density at radius 2 is 2.00 bits per heavy atom. The van der Waals surface area contributed by atoms with Crippen molar-refractivity contribution in [1.29, 1.82) is 0 Å². The van der Waals surface area contributed by atoms with Crippen LogP contribution < -0.4 is 15.1 Å². The van der Waals surface area contributed by atoms with Crippen LogP contribution in [-0.4, -0.2) is 59.2 Å². The van der Waals surface area contributed by atoms with Crippen LogP contribution in [0.3, 0.4) is 0 Å². The SMILES string of the molecule is C[C@H]1COc2c(N3CCN(C)CC3)c(F)cc3c(=O)c(-c4nc5ccc([N+](=O)[O-])cc5s4)cn1c23. The molecule has 6 rings (SSSR count). The summed E-state index contributed by atoms with van der Waals surface area (Å²) >= 11 is 1.21. The number of aromatic nitrogens is 2. The number of benzene rings is 2. The van der Waals surface area contributed by atoms with Crippen molar-refractivity contribution in [3.8, 4) is 16.3 Å². The Balaban J connectivity index is 1.56. The van der Waals surface area contributed by atoms with E-state index in [1.165, 1.54) is 29.5 Å². The molecule has 1 saturated heterocycles.